The molecule has 1 unspecified atom stereocenters. The molecule has 7 heteroatoms. The van der Waals surface area contributed by atoms with Crippen LogP contribution in [0.25, 0.3) is 0 Å². The summed E-state index contributed by atoms with van der Waals surface area (Å²) in [6, 6.07) is 9.78. The summed E-state index contributed by atoms with van der Waals surface area (Å²) in [6.45, 7) is 7.56. The van der Waals surface area contributed by atoms with Crippen LogP contribution in [-0.2, 0) is 9.47 Å². The number of aliphatic imine (C=N–C) groups is 1. The van der Waals surface area contributed by atoms with Gasteiger partial charge in [-0.15, -0.1) is 0 Å². The van der Waals surface area contributed by atoms with Crippen LogP contribution in [0.2, 0.25) is 0 Å². The van der Waals surface area contributed by atoms with E-state index in [1.807, 2.05) is 44.2 Å². The van der Waals surface area contributed by atoms with Gasteiger partial charge in [0.1, 0.15) is 0 Å². The highest BCUT2D eigenvalue weighted by molar-refractivity contribution is 6.01. The number of ether oxygens (including phenoxy) is 2. The Morgan fingerprint density at radius 1 is 1.19 bits per heavy atom. The molecule has 1 N–H and O–H groups in total. The van der Waals surface area contributed by atoms with Crippen LogP contribution in [-0.4, -0.2) is 47.7 Å². The molecule has 7 nitrogen and oxygen atoms in total. The molecule has 2 rings (SSSR count). The fourth-order valence-electron chi connectivity index (χ4n) is 2.97. The van der Waals surface area contributed by atoms with Crippen molar-refractivity contribution in [2.24, 2.45) is 4.99 Å². The van der Waals surface area contributed by atoms with Crippen molar-refractivity contribution < 1.29 is 19.1 Å². The number of benzene rings is 1. The zero-order chi connectivity index (χ0) is 19.2. The normalized spacial score (nSPS) is 16.6. The first kappa shape index (κ1) is 19.8. The van der Waals surface area contributed by atoms with Crippen LogP contribution >= 0.6 is 0 Å². The monoisotopic (exact) mass is 361 g/mol. The van der Waals surface area contributed by atoms with Gasteiger partial charge in [0, 0.05) is 5.71 Å². The van der Waals surface area contributed by atoms with Crippen LogP contribution in [0.15, 0.2) is 35.3 Å². The number of hydrogen-bond acceptors (Lipinski definition) is 5. The van der Waals surface area contributed by atoms with Crippen molar-refractivity contribution in [3.63, 3.8) is 0 Å². The Bertz CT molecular complexity index is 658. The zero-order valence-electron chi connectivity index (χ0n) is 15.8. The number of nitrogens with zero attached hydrogens (tertiary/aromatic N) is 2. The molecule has 142 valence electrons. The van der Waals surface area contributed by atoms with E-state index in [2.05, 4.69) is 5.43 Å². The number of rotatable bonds is 5. The van der Waals surface area contributed by atoms with Gasteiger partial charge in [0.25, 0.3) is 0 Å². The van der Waals surface area contributed by atoms with Crippen molar-refractivity contribution in [2.45, 2.75) is 52.1 Å². The third kappa shape index (κ3) is 4.53. The Labute approximate surface area is 154 Å². The minimum absolute atomic E-state index is 0.177. The first-order chi connectivity index (χ1) is 12.4. The molecule has 26 heavy (non-hydrogen) atoms. The van der Waals surface area contributed by atoms with Crippen LogP contribution in [0, 0.1) is 0 Å². The van der Waals surface area contributed by atoms with Crippen molar-refractivity contribution in [1.82, 2.24) is 10.4 Å². The van der Waals surface area contributed by atoms with Gasteiger partial charge in [-0.25, -0.2) is 20.0 Å². The number of nitrogens with one attached hydrogen (secondary N) is 1. The maximum absolute atomic E-state index is 12.4. The fraction of sp³-hybridized carbons (Fsp3) is 0.526. The molecule has 0 aromatic heterocycles. The SMILES string of the molecule is CCOC(=O)NN(C(=O)OCC)C(C)(C)C1CCC(c2ccccc2)=N1. The lowest BCUT2D eigenvalue weighted by molar-refractivity contribution is 0.0199. The van der Waals surface area contributed by atoms with Crippen molar-refractivity contribution in [3.05, 3.63) is 35.9 Å². The lowest BCUT2D eigenvalue weighted by Crippen LogP contribution is -2.61. The van der Waals surface area contributed by atoms with E-state index in [-0.39, 0.29) is 19.3 Å². The summed E-state index contributed by atoms with van der Waals surface area (Å²) in [4.78, 5) is 29.1. The van der Waals surface area contributed by atoms with E-state index in [1.165, 1.54) is 5.01 Å². The van der Waals surface area contributed by atoms with Crippen LogP contribution in [0.5, 0.6) is 0 Å². The van der Waals surface area contributed by atoms with Gasteiger partial charge in [-0.05, 0) is 46.1 Å². The van der Waals surface area contributed by atoms with E-state index < -0.39 is 17.7 Å². The van der Waals surface area contributed by atoms with Crippen LogP contribution in [0.3, 0.4) is 0 Å². The van der Waals surface area contributed by atoms with Gasteiger partial charge in [-0.3, -0.25) is 4.99 Å². The molecule has 0 saturated carbocycles. The molecule has 1 heterocycles. The number of hydrogen-bond donors (Lipinski definition) is 1. The Morgan fingerprint density at radius 3 is 2.46 bits per heavy atom. The summed E-state index contributed by atoms with van der Waals surface area (Å²) in [6.07, 6.45) is 0.263. The third-order valence-electron chi connectivity index (χ3n) is 4.39. The molecular formula is C19H27N3O4. The summed E-state index contributed by atoms with van der Waals surface area (Å²) >= 11 is 0. The molecule has 0 spiro atoms. The van der Waals surface area contributed by atoms with E-state index in [0.29, 0.717) is 0 Å². The van der Waals surface area contributed by atoms with Gasteiger partial charge in [-0.1, -0.05) is 30.3 Å². The highest BCUT2D eigenvalue weighted by Crippen LogP contribution is 2.30. The molecule has 1 aromatic rings. The van der Waals surface area contributed by atoms with Gasteiger partial charge in [0.15, 0.2) is 0 Å². The summed E-state index contributed by atoms with van der Waals surface area (Å²) in [5.41, 5.74) is 3.80. The largest absolute Gasteiger partial charge is 0.449 e. The Balaban J connectivity index is 2.23. The van der Waals surface area contributed by atoms with Crippen LogP contribution < -0.4 is 5.43 Å². The Morgan fingerprint density at radius 2 is 1.85 bits per heavy atom. The summed E-state index contributed by atoms with van der Waals surface area (Å²) in [7, 11) is 0. The van der Waals surface area contributed by atoms with Crippen LogP contribution in [0.4, 0.5) is 9.59 Å². The molecule has 0 radical (unpaired) electrons. The summed E-state index contributed by atoms with van der Waals surface area (Å²) < 4.78 is 10.0. The van der Waals surface area contributed by atoms with Crippen molar-refractivity contribution in [1.29, 1.82) is 0 Å². The van der Waals surface area contributed by atoms with Crippen molar-refractivity contribution in [2.75, 3.05) is 13.2 Å². The summed E-state index contributed by atoms with van der Waals surface area (Å²) in [5.74, 6) is 0. The predicted molar refractivity (Wildman–Crippen MR) is 99.1 cm³/mol. The number of carbonyl (C=O) groups excluding carboxylic acids is 2. The first-order valence-electron chi connectivity index (χ1n) is 8.92. The minimum atomic E-state index is -0.782. The zero-order valence-corrected chi connectivity index (χ0v) is 15.8. The van der Waals surface area contributed by atoms with Gasteiger partial charge in [0.05, 0.1) is 24.8 Å². The van der Waals surface area contributed by atoms with E-state index in [9.17, 15) is 9.59 Å². The van der Waals surface area contributed by atoms with Crippen molar-refractivity contribution >= 4 is 17.9 Å². The highest BCUT2D eigenvalue weighted by atomic mass is 16.6. The average molecular weight is 361 g/mol. The topological polar surface area (TPSA) is 80.2 Å². The fourth-order valence-corrected chi connectivity index (χ4v) is 2.97. The molecule has 1 aliphatic rings. The highest BCUT2D eigenvalue weighted by Gasteiger charge is 2.42. The van der Waals surface area contributed by atoms with E-state index in [0.717, 1.165) is 24.1 Å². The van der Waals surface area contributed by atoms with Gasteiger partial charge >= 0.3 is 12.2 Å². The maximum Gasteiger partial charge on any atom is 0.429 e. The molecule has 2 amide bonds. The molecule has 1 aromatic carbocycles. The molecule has 0 bridgehead atoms. The Hall–Kier alpha value is -2.57. The second-order valence-corrected chi connectivity index (χ2v) is 6.52. The number of amides is 2. The predicted octanol–water partition coefficient (Wildman–Crippen LogP) is 3.54. The third-order valence-corrected chi connectivity index (χ3v) is 4.39. The molecule has 0 fully saturated rings. The van der Waals surface area contributed by atoms with Gasteiger partial charge in [0.2, 0.25) is 0 Å². The van der Waals surface area contributed by atoms with Gasteiger partial charge < -0.3 is 9.47 Å². The maximum atomic E-state index is 12.4. The van der Waals surface area contributed by atoms with E-state index in [1.54, 1.807) is 13.8 Å². The van der Waals surface area contributed by atoms with Gasteiger partial charge in [-0.2, -0.15) is 0 Å². The average Bonchev–Trinajstić information content (AvgIpc) is 3.12. The lowest BCUT2D eigenvalue weighted by Gasteiger charge is -2.39. The molecule has 1 atom stereocenters. The molecule has 1 aliphatic heterocycles. The molecule has 0 aliphatic carbocycles. The number of carbonyl (C=O) groups is 2. The Kier molecular flexibility index (Phi) is 6.60. The lowest BCUT2D eigenvalue weighted by atomic mass is 9.92. The minimum Gasteiger partial charge on any atom is -0.449 e. The second-order valence-electron chi connectivity index (χ2n) is 6.52. The standard InChI is InChI=1S/C19H27N3O4/c1-5-25-17(23)21-22(18(24)26-6-2)19(3,4)16-13-12-15(20-16)14-10-8-7-9-11-14/h7-11,16H,5-6,12-13H2,1-4H3,(H,21,23). The quantitative estimate of drug-likeness (QED) is 0.814. The molecular weight excluding hydrogens is 334 g/mol. The van der Waals surface area contributed by atoms with Crippen molar-refractivity contribution in [3.8, 4) is 0 Å². The van der Waals surface area contributed by atoms with E-state index >= 15 is 0 Å². The first-order valence-corrected chi connectivity index (χ1v) is 8.92. The number of hydrazine groups is 1. The molecule has 0 saturated heterocycles. The smallest absolute Gasteiger partial charge is 0.429 e. The van der Waals surface area contributed by atoms with Crippen LogP contribution in [0.1, 0.15) is 46.1 Å². The van der Waals surface area contributed by atoms with E-state index in [4.69, 9.17) is 14.5 Å². The second kappa shape index (κ2) is 8.69. The summed E-state index contributed by atoms with van der Waals surface area (Å²) in [5, 5.41) is 1.19.